The van der Waals surface area contributed by atoms with Gasteiger partial charge in [0.05, 0.1) is 11.1 Å². The molecule has 0 spiro atoms. The summed E-state index contributed by atoms with van der Waals surface area (Å²) in [5.74, 6) is 1.12. The third kappa shape index (κ3) is 3.46. The maximum Gasteiger partial charge on any atom is 0.271 e. The van der Waals surface area contributed by atoms with Gasteiger partial charge in [-0.15, -0.1) is 11.3 Å². The van der Waals surface area contributed by atoms with E-state index in [0.29, 0.717) is 17.3 Å². The van der Waals surface area contributed by atoms with E-state index >= 15 is 0 Å². The summed E-state index contributed by atoms with van der Waals surface area (Å²) in [6.45, 7) is 5.61. The zero-order chi connectivity index (χ0) is 16.6. The predicted octanol–water partition coefficient (Wildman–Crippen LogP) is 4.13. The largest absolute Gasteiger partial charge is 0.440 e. The fourth-order valence-corrected chi connectivity index (χ4v) is 4.60. The summed E-state index contributed by atoms with van der Waals surface area (Å²) >= 11 is 1.15. The minimum absolute atomic E-state index is 0.237. The second-order valence-corrected chi connectivity index (χ2v) is 8.34. The number of hydrogen-bond acceptors (Lipinski definition) is 5. The maximum absolute atomic E-state index is 12.5. The Bertz CT molecular complexity index is 935. The summed E-state index contributed by atoms with van der Waals surface area (Å²) < 4.78 is 33.3. The SMILES string of the molecule is Cc1cc(C)cc(NS(=O)(=O)c2ccc(-c3cnc(C)o3)s2)c1. The van der Waals surface area contributed by atoms with Crippen LogP contribution in [-0.4, -0.2) is 13.4 Å². The molecule has 0 aliphatic rings. The van der Waals surface area contributed by atoms with E-state index in [9.17, 15) is 8.42 Å². The van der Waals surface area contributed by atoms with Crippen molar-refractivity contribution in [3.05, 3.63) is 53.5 Å². The number of benzene rings is 1. The number of sulfonamides is 1. The summed E-state index contributed by atoms with van der Waals surface area (Å²) in [5.41, 5.74) is 2.58. The lowest BCUT2D eigenvalue weighted by Crippen LogP contribution is -2.11. The van der Waals surface area contributed by atoms with Crippen LogP contribution in [0.2, 0.25) is 0 Å². The van der Waals surface area contributed by atoms with Crippen molar-refractivity contribution in [2.24, 2.45) is 0 Å². The Morgan fingerprint density at radius 2 is 1.78 bits per heavy atom. The molecule has 2 aromatic heterocycles. The Balaban J connectivity index is 1.89. The molecule has 0 fully saturated rings. The molecule has 1 N–H and O–H groups in total. The number of oxazole rings is 1. The van der Waals surface area contributed by atoms with Gasteiger partial charge in [-0.2, -0.15) is 0 Å². The molecular weight excluding hydrogens is 332 g/mol. The van der Waals surface area contributed by atoms with Gasteiger partial charge < -0.3 is 4.42 Å². The Hall–Kier alpha value is -2.12. The molecule has 0 unspecified atom stereocenters. The first kappa shape index (κ1) is 15.8. The number of aromatic nitrogens is 1. The van der Waals surface area contributed by atoms with Crippen molar-refractivity contribution in [2.45, 2.75) is 25.0 Å². The van der Waals surface area contributed by atoms with Gasteiger partial charge in [0.25, 0.3) is 10.0 Å². The monoisotopic (exact) mass is 348 g/mol. The van der Waals surface area contributed by atoms with Crippen LogP contribution in [0.4, 0.5) is 5.69 Å². The number of aryl methyl sites for hydroxylation is 3. The van der Waals surface area contributed by atoms with Gasteiger partial charge in [-0.1, -0.05) is 6.07 Å². The number of nitrogens with zero attached hydrogens (tertiary/aromatic N) is 1. The number of hydrogen-bond donors (Lipinski definition) is 1. The first-order valence-electron chi connectivity index (χ1n) is 6.97. The lowest BCUT2D eigenvalue weighted by Gasteiger charge is -2.08. The van der Waals surface area contributed by atoms with Gasteiger partial charge in [-0.05, 0) is 49.2 Å². The molecule has 0 bridgehead atoms. The minimum Gasteiger partial charge on any atom is -0.440 e. The standard InChI is InChI=1S/C16H16N2O3S2/c1-10-6-11(2)8-13(7-10)18-23(19,20)16-5-4-15(22-16)14-9-17-12(3)21-14/h4-9,18H,1-3H3. The Morgan fingerprint density at radius 3 is 2.39 bits per heavy atom. The average Bonchev–Trinajstić information content (AvgIpc) is 3.05. The van der Waals surface area contributed by atoms with Gasteiger partial charge >= 0.3 is 0 Å². The topological polar surface area (TPSA) is 72.2 Å². The van der Waals surface area contributed by atoms with E-state index in [1.807, 2.05) is 19.9 Å². The summed E-state index contributed by atoms with van der Waals surface area (Å²) in [6.07, 6.45) is 1.59. The van der Waals surface area contributed by atoms with Gasteiger partial charge in [0.15, 0.2) is 11.7 Å². The highest BCUT2D eigenvalue weighted by atomic mass is 32.2. The quantitative estimate of drug-likeness (QED) is 0.769. The number of thiophene rings is 1. The maximum atomic E-state index is 12.5. The van der Waals surface area contributed by atoms with Crippen LogP contribution in [0.1, 0.15) is 17.0 Å². The van der Waals surface area contributed by atoms with Crippen molar-refractivity contribution in [3.63, 3.8) is 0 Å². The number of rotatable bonds is 4. The zero-order valence-corrected chi connectivity index (χ0v) is 14.6. The van der Waals surface area contributed by atoms with E-state index < -0.39 is 10.0 Å². The zero-order valence-electron chi connectivity index (χ0n) is 13.0. The predicted molar refractivity (Wildman–Crippen MR) is 91.3 cm³/mol. The molecule has 3 aromatic rings. The van der Waals surface area contributed by atoms with Crippen LogP contribution in [0.25, 0.3) is 10.6 Å². The molecule has 3 rings (SSSR count). The van der Waals surface area contributed by atoms with Crippen molar-refractivity contribution in [1.29, 1.82) is 0 Å². The highest BCUT2D eigenvalue weighted by Gasteiger charge is 2.19. The Morgan fingerprint density at radius 1 is 1.09 bits per heavy atom. The molecule has 2 heterocycles. The van der Waals surface area contributed by atoms with Gasteiger partial charge in [0, 0.05) is 12.6 Å². The first-order valence-corrected chi connectivity index (χ1v) is 9.27. The second kappa shape index (κ2) is 5.82. The Labute approximate surface area is 139 Å². The van der Waals surface area contributed by atoms with Crippen molar-refractivity contribution < 1.29 is 12.8 Å². The van der Waals surface area contributed by atoms with Crippen LogP contribution in [0.15, 0.2) is 45.2 Å². The van der Waals surface area contributed by atoms with Crippen molar-refractivity contribution in [1.82, 2.24) is 4.98 Å². The smallest absolute Gasteiger partial charge is 0.271 e. The minimum atomic E-state index is -3.62. The van der Waals surface area contributed by atoms with Crippen LogP contribution in [0, 0.1) is 20.8 Å². The molecule has 120 valence electrons. The molecule has 0 atom stereocenters. The third-order valence-electron chi connectivity index (χ3n) is 3.18. The first-order chi connectivity index (χ1) is 10.8. The second-order valence-electron chi connectivity index (χ2n) is 5.34. The van der Waals surface area contributed by atoms with Crippen LogP contribution in [0.5, 0.6) is 0 Å². The highest BCUT2D eigenvalue weighted by molar-refractivity contribution is 7.94. The highest BCUT2D eigenvalue weighted by Crippen LogP contribution is 2.32. The molecule has 0 saturated carbocycles. The average molecular weight is 348 g/mol. The molecule has 0 radical (unpaired) electrons. The van der Waals surface area contributed by atoms with Crippen LogP contribution in [0.3, 0.4) is 0 Å². The fourth-order valence-electron chi connectivity index (χ4n) is 2.31. The van der Waals surface area contributed by atoms with Crippen molar-refractivity contribution >= 4 is 27.0 Å². The summed E-state index contributed by atoms with van der Waals surface area (Å²) in [7, 11) is -3.62. The van der Waals surface area contributed by atoms with Crippen molar-refractivity contribution in [2.75, 3.05) is 4.72 Å². The summed E-state index contributed by atoms with van der Waals surface area (Å²) in [4.78, 5) is 4.75. The third-order valence-corrected chi connectivity index (χ3v) is 6.16. The number of nitrogens with one attached hydrogen (secondary N) is 1. The fraction of sp³-hybridized carbons (Fsp3) is 0.188. The molecule has 1 aromatic carbocycles. The van der Waals surface area contributed by atoms with Crippen molar-refractivity contribution in [3.8, 4) is 10.6 Å². The van der Waals surface area contributed by atoms with Crippen LogP contribution < -0.4 is 4.72 Å². The molecule has 0 saturated heterocycles. The van der Waals surface area contributed by atoms with Gasteiger partial charge in [0.2, 0.25) is 0 Å². The Kier molecular flexibility index (Phi) is 3.99. The van der Waals surface area contributed by atoms with Gasteiger partial charge in [0.1, 0.15) is 4.21 Å². The van der Waals surface area contributed by atoms with Gasteiger partial charge in [-0.3, -0.25) is 4.72 Å². The van der Waals surface area contributed by atoms with Gasteiger partial charge in [-0.25, -0.2) is 13.4 Å². The molecule has 23 heavy (non-hydrogen) atoms. The normalized spacial score (nSPS) is 11.6. The van der Waals surface area contributed by atoms with E-state index in [1.165, 1.54) is 0 Å². The van der Waals surface area contributed by atoms with Crippen LogP contribution in [-0.2, 0) is 10.0 Å². The lowest BCUT2D eigenvalue weighted by molar-refractivity contribution is 0.535. The molecule has 5 nitrogen and oxygen atoms in total. The molecule has 7 heteroatoms. The summed E-state index contributed by atoms with van der Waals surface area (Å²) in [6, 6.07) is 8.90. The van der Waals surface area contributed by atoms with E-state index in [0.717, 1.165) is 27.3 Å². The molecular formula is C16H16N2O3S2. The van der Waals surface area contributed by atoms with Crippen LogP contribution >= 0.6 is 11.3 Å². The molecule has 0 aliphatic heterocycles. The lowest BCUT2D eigenvalue weighted by atomic mass is 10.1. The molecule has 0 amide bonds. The summed E-state index contributed by atoms with van der Waals surface area (Å²) in [5, 5.41) is 0. The molecule has 0 aliphatic carbocycles. The van der Waals surface area contributed by atoms with E-state index in [4.69, 9.17) is 4.42 Å². The van der Waals surface area contributed by atoms with E-state index in [1.54, 1.807) is 37.4 Å². The van der Waals surface area contributed by atoms with E-state index in [2.05, 4.69) is 9.71 Å². The number of anilines is 1. The van der Waals surface area contributed by atoms with E-state index in [-0.39, 0.29) is 4.21 Å².